The van der Waals surface area contributed by atoms with Gasteiger partial charge in [-0.05, 0) is 67.1 Å². The lowest BCUT2D eigenvalue weighted by molar-refractivity contribution is -0.138. The molecule has 3 aromatic rings. The molecule has 0 atom stereocenters. The zero-order valence-corrected chi connectivity index (χ0v) is 17.5. The summed E-state index contributed by atoms with van der Waals surface area (Å²) >= 11 is 1.34. The van der Waals surface area contributed by atoms with E-state index < -0.39 is 23.5 Å². The van der Waals surface area contributed by atoms with Gasteiger partial charge in [0.15, 0.2) is 0 Å². The van der Waals surface area contributed by atoms with Crippen LogP contribution in [-0.2, 0) is 12.4 Å². The van der Waals surface area contributed by atoms with Gasteiger partial charge < -0.3 is 0 Å². The molecule has 0 unspecified atom stereocenters. The SMILES string of the molecule is Cc1ccc(SC(=CC=Nc2ccc(C(F)(F)F)cc2)c2ccc(C(F)(F)F)cc2)cc1. The molecule has 3 rings (SSSR count). The summed E-state index contributed by atoms with van der Waals surface area (Å²) in [4.78, 5) is 5.66. The Hall–Kier alpha value is -3.00. The van der Waals surface area contributed by atoms with E-state index in [1.165, 1.54) is 42.2 Å². The molecule has 0 bridgehead atoms. The van der Waals surface area contributed by atoms with Crippen LogP contribution in [0.4, 0.5) is 32.0 Å². The molecular formula is C24H17F6NS. The second-order valence-electron chi connectivity index (χ2n) is 6.84. The minimum atomic E-state index is -4.43. The lowest BCUT2D eigenvalue weighted by Gasteiger charge is -2.10. The summed E-state index contributed by atoms with van der Waals surface area (Å²) in [6.07, 6.45) is -5.83. The molecule has 8 heteroatoms. The van der Waals surface area contributed by atoms with Crippen LogP contribution in [0.25, 0.3) is 4.91 Å². The van der Waals surface area contributed by atoms with E-state index in [4.69, 9.17) is 0 Å². The number of hydrogen-bond donors (Lipinski definition) is 0. The number of thioether (sulfide) groups is 1. The molecule has 0 saturated carbocycles. The summed E-state index contributed by atoms with van der Waals surface area (Å²) < 4.78 is 76.7. The van der Waals surface area contributed by atoms with Crippen LogP contribution in [-0.4, -0.2) is 6.21 Å². The summed E-state index contributed by atoms with van der Waals surface area (Å²) in [5.41, 5.74) is 0.425. The van der Waals surface area contributed by atoms with Gasteiger partial charge in [0.05, 0.1) is 16.8 Å². The van der Waals surface area contributed by atoms with Crippen molar-refractivity contribution in [1.29, 1.82) is 0 Å². The fraction of sp³-hybridized carbons (Fsp3) is 0.125. The van der Waals surface area contributed by atoms with Crippen LogP contribution < -0.4 is 0 Å². The van der Waals surface area contributed by atoms with Gasteiger partial charge in [-0.3, -0.25) is 4.99 Å². The predicted octanol–water partition coefficient (Wildman–Crippen LogP) is 8.57. The van der Waals surface area contributed by atoms with Gasteiger partial charge in [0.1, 0.15) is 0 Å². The quantitative estimate of drug-likeness (QED) is 0.209. The number of alkyl halides is 6. The minimum Gasteiger partial charge on any atom is -0.257 e. The molecule has 166 valence electrons. The van der Waals surface area contributed by atoms with E-state index in [1.807, 2.05) is 31.2 Å². The number of aryl methyl sites for hydroxylation is 1. The first-order valence-corrected chi connectivity index (χ1v) is 10.2. The molecule has 0 saturated heterocycles. The monoisotopic (exact) mass is 465 g/mol. The van der Waals surface area contributed by atoms with Crippen molar-refractivity contribution in [2.24, 2.45) is 4.99 Å². The van der Waals surface area contributed by atoms with E-state index >= 15 is 0 Å². The summed E-state index contributed by atoms with van der Waals surface area (Å²) in [6, 6.07) is 16.8. The molecule has 0 aliphatic rings. The summed E-state index contributed by atoms with van der Waals surface area (Å²) in [7, 11) is 0. The van der Waals surface area contributed by atoms with E-state index in [-0.39, 0.29) is 0 Å². The van der Waals surface area contributed by atoms with E-state index in [9.17, 15) is 26.3 Å². The molecule has 0 N–H and O–H groups in total. The van der Waals surface area contributed by atoms with Gasteiger partial charge in [-0.2, -0.15) is 26.3 Å². The number of rotatable bonds is 5. The second-order valence-corrected chi connectivity index (χ2v) is 7.96. The molecule has 1 nitrogen and oxygen atoms in total. The third-order valence-corrected chi connectivity index (χ3v) is 5.49. The molecule has 0 amide bonds. The first-order valence-electron chi connectivity index (χ1n) is 9.36. The molecule has 0 heterocycles. The topological polar surface area (TPSA) is 12.4 Å². The van der Waals surface area contributed by atoms with Gasteiger partial charge >= 0.3 is 12.4 Å². The highest BCUT2D eigenvalue weighted by Crippen LogP contribution is 2.36. The maximum atomic E-state index is 12.9. The smallest absolute Gasteiger partial charge is 0.257 e. The zero-order valence-electron chi connectivity index (χ0n) is 16.7. The van der Waals surface area contributed by atoms with Gasteiger partial charge in [0, 0.05) is 16.0 Å². The van der Waals surface area contributed by atoms with Crippen molar-refractivity contribution in [1.82, 2.24) is 0 Å². The minimum absolute atomic E-state index is 0.321. The molecule has 0 aromatic heterocycles. The number of aliphatic imine (C=N–C) groups is 1. The van der Waals surface area contributed by atoms with Crippen molar-refractivity contribution in [3.8, 4) is 0 Å². The van der Waals surface area contributed by atoms with Gasteiger partial charge in [-0.25, -0.2) is 0 Å². The highest BCUT2D eigenvalue weighted by Gasteiger charge is 2.30. The highest BCUT2D eigenvalue weighted by atomic mass is 32.2. The first-order chi connectivity index (χ1) is 15.0. The Balaban J connectivity index is 1.88. The van der Waals surface area contributed by atoms with Crippen molar-refractivity contribution in [3.05, 3.63) is 101 Å². The number of halogens is 6. The maximum Gasteiger partial charge on any atom is 0.416 e. The third kappa shape index (κ3) is 6.50. The van der Waals surface area contributed by atoms with Gasteiger partial charge in [-0.15, -0.1) is 0 Å². The fourth-order valence-corrected chi connectivity index (χ4v) is 3.58. The number of hydrogen-bond acceptors (Lipinski definition) is 2. The van der Waals surface area contributed by atoms with E-state index in [1.54, 1.807) is 6.08 Å². The molecule has 0 radical (unpaired) electrons. The third-order valence-electron chi connectivity index (χ3n) is 4.39. The van der Waals surface area contributed by atoms with Crippen LogP contribution in [0.3, 0.4) is 0 Å². The molecule has 0 aliphatic carbocycles. The average molecular weight is 465 g/mol. The summed E-state index contributed by atoms with van der Waals surface area (Å²) in [6.45, 7) is 1.94. The molecular weight excluding hydrogens is 448 g/mol. The van der Waals surface area contributed by atoms with E-state index in [0.29, 0.717) is 16.2 Å². The van der Waals surface area contributed by atoms with Crippen LogP contribution in [0.2, 0.25) is 0 Å². The normalized spacial score (nSPS) is 13.0. The molecule has 0 spiro atoms. The largest absolute Gasteiger partial charge is 0.416 e. The van der Waals surface area contributed by atoms with Crippen LogP contribution in [0.1, 0.15) is 22.3 Å². The Kier molecular flexibility index (Phi) is 7.13. The van der Waals surface area contributed by atoms with Gasteiger partial charge in [0.25, 0.3) is 0 Å². The van der Waals surface area contributed by atoms with Crippen LogP contribution in [0, 0.1) is 6.92 Å². The Morgan fingerprint density at radius 1 is 0.719 bits per heavy atom. The van der Waals surface area contributed by atoms with Crippen molar-refractivity contribution in [2.75, 3.05) is 0 Å². The second kappa shape index (κ2) is 9.65. The summed E-state index contributed by atoms with van der Waals surface area (Å²) in [5.74, 6) is 0. The van der Waals surface area contributed by atoms with Crippen molar-refractivity contribution < 1.29 is 26.3 Å². The van der Waals surface area contributed by atoms with Crippen molar-refractivity contribution in [3.63, 3.8) is 0 Å². The van der Waals surface area contributed by atoms with E-state index in [0.717, 1.165) is 34.7 Å². The van der Waals surface area contributed by atoms with Crippen molar-refractivity contribution in [2.45, 2.75) is 24.2 Å². The van der Waals surface area contributed by atoms with Crippen LogP contribution in [0.15, 0.2) is 88.8 Å². The van der Waals surface area contributed by atoms with Crippen LogP contribution >= 0.6 is 11.8 Å². The Bertz CT molecular complexity index is 1090. The van der Waals surface area contributed by atoms with Crippen molar-refractivity contribution >= 4 is 28.6 Å². The summed E-state index contributed by atoms with van der Waals surface area (Å²) in [5, 5.41) is 0. The first kappa shape index (κ1) is 23.7. The maximum absolute atomic E-state index is 12.9. The zero-order chi connectivity index (χ0) is 23.4. The van der Waals surface area contributed by atoms with Gasteiger partial charge in [-0.1, -0.05) is 41.6 Å². The molecule has 0 aliphatic heterocycles. The fourth-order valence-electron chi connectivity index (χ4n) is 2.67. The molecule has 0 fully saturated rings. The van der Waals surface area contributed by atoms with E-state index in [2.05, 4.69) is 4.99 Å². The number of allylic oxidation sites excluding steroid dienone is 1. The van der Waals surface area contributed by atoms with Crippen LogP contribution in [0.5, 0.6) is 0 Å². The lowest BCUT2D eigenvalue weighted by Crippen LogP contribution is -2.04. The highest BCUT2D eigenvalue weighted by molar-refractivity contribution is 8.08. The average Bonchev–Trinajstić information content (AvgIpc) is 2.74. The Morgan fingerprint density at radius 3 is 1.72 bits per heavy atom. The van der Waals surface area contributed by atoms with Gasteiger partial charge in [0.2, 0.25) is 0 Å². The standard InChI is InChI=1S/C24H17F6NS/c1-16-2-12-21(13-3-16)32-22(17-4-6-18(7-5-17)23(25,26)27)14-15-31-20-10-8-19(9-11-20)24(28,29)30/h2-15H,1H3. The Labute approximate surface area is 185 Å². The number of benzene rings is 3. The molecule has 3 aromatic carbocycles. The predicted molar refractivity (Wildman–Crippen MR) is 116 cm³/mol. The molecule has 32 heavy (non-hydrogen) atoms. The lowest BCUT2D eigenvalue weighted by atomic mass is 10.1. The number of nitrogens with zero attached hydrogens (tertiary/aromatic N) is 1. The Morgan fingerprint density at radius 2 is 1.22 bits per heavy atom.